The Balaban J connectivity index is 3.12. The van der Waals surface area contributed by atoms with Crippen molar-refractivity contribution in [1.29, 1.82) is 0 Å². The van der Waals surface area contributed by atoms with E-state index in [1.54, 1.807) is 24.3 Å². The van der Waals surface area contributed by atoms with Crippen LogP contribution in [-0.2, 0) is 0 Å². The molecule has 0 atom stereocenters. The van der Waals surface area contributed by atoms with Gasteiger partial charge in [-0.25, -0.2) is 4.39 Å². The fraction of sp³-hybridized carbons (Fsp3) is 0.200. The van der Waals surface area contributed by atoms with Gasteiger partial charge in [-0.15, -0.1) is 0 Å². The second-order valence-electron chi connectivity index (χ2n) is 2.49. The predicted molar refractivity (Wildman–Crippen MR) is 49.2 cm³/mol. The van der Waals surface area contributed by atoms with Crippen LogP contribution in [0, 0.1) is 0 Å². The molecule has 3 heteroatoms. The van der Waals surface area contributed by atoms with Crippen LogP contribution < -0.4 is 4.74 Å². The highest BCUT2D eigenvalue weighted by Gasteiger charge is 2.06. The number of hydrogen-bond donors (Lipinski definition) is 1. The summed E-state index contributed by atoms with van der Waals surface area (Å²) in [5.74, 6) is 0.556. The maximum Gasteiger partial charge on any atom is 0.126 e. The third kappa shape index (κ3) is 2.06. The summed E-state index contributed by atoms with van der Waals surface area (Å²) in [4.78, 5) is 0. The zero-order valence-corrected chi connectivity index (χ0v) is 7.33. The minimum atomic E-state index is -0.336. The highest BCUT2D eigenvalue weighted by atomic mass is 19.1. The zero-order valence-electron chi connectivity index (χ0n) is 7.33. The van der Waals surface area contributed by atoms with Crippen LogP contribution in [0.25, 0.3) is 5.57 Å². The van der Waals surface area contributed by atoms with Gasteiger partial charge in [0, 0.05) is 11.1 Å². The molecule has 0 spiro atoms. The van der Waals surface area contributed by atoms with E-state index in [-0.39, 0.29) is 12.2 Å². The maximum absolute atomic E-state index is 12.3. The summed E-state index contributed by atoms with van der Waals surface area (Å²) < 4.78 is 17.3. The molecular formula is C10H11FO2. The van der Waals surface area contributed by atoms with Crippen molar-refractivity contribution in [3.05, 3.63) is 36.2 Å². The van der Waals surface area contributed by atoms with Crippen molar-refractivity contribution in [2.45, 2.75) is 0 Å². The van der Waals surface area contributed by atoms with Crippen LogP contribution in [-0.4, -0.2) is 18.8 Å². The second kappa shape index (κ2) is 4.62. The molecule has 0 bridgehead atoms. The van der Waals surface area contributed by atoms with Crippen LogP contribution >= 0.6 is 0 Å². The van der Waals surface area contributed by atoms with E-state index in [9.17, 15) is 4.39 Å². The Morgan fingerprint density at radius 3 is 2.77 bits per heavy atom. The molecule has 0 radical (unpaired) electrons. The molecule has 0 saturated heterocycles. The van der Waals surface area contributed by atoms with E-state index in [2.05, 4.69) is 0 Å². The summed E-state index contributed by atoms with van der Waals surface area (Å²) in [5.41, 5.74) is 0.799. The van der Waals surface area contributed by atoms with Gasteiger partial charge in [-0.2, -0.15) is 0 Å². The molecule has 0 aliphatic heterocycles. The summed E-state index contributed by atoms with van der Waals surface area (Å²) in [5, 5.41) is 8.84. The first-order valence-electron chi connectivity index (χ1n) is 3.87. The number of ether oxygens (including phenoxy) is 1. The number of benzene rings is 1. The third-order valence-corrected chi connectivity index (χ3v) is 1.75. The molecule has 0 unspecified atom stereocenters. The van der Waals surface area contributed by atoms with Crippen LogP contribution in [0.15, 0.2) is 30.6 Å². The Kier molecular flexibility index (Phi) is 3.46. The minimum Gasteiger partial charge on any atom is -0.496 e. The zero-order chi connectivity index (χ0) is 9.68. The molecule has 1 aromatic rings. The monoisotopic (exact) mass is 182 g/mol. The first-order valence-corrected chi connectivity index (χ1v) is 3.87. The van der Waals surface area contributed by atoms with E-state index in [4.69, 9.17) is 9.84 Å². The number of methoxy groups -OCH3 is 1. The Bertz CT molecular complexity index is 308. The van der Waals surface area contributed by atoms with Crippen LogP contribution in [0.4, 0.5) is 4.39 Å². The molecule has 70 valence electrons. The largest absolute Gasteiger partial charge is 0.496 e. The molecule has 0 aliphatic carbocycles. The minimum absolute atomic E-state index is 0.220. The van der Waals surface area contributed by atoms with E-state index in [1.165, 1.54) is 7.11 Å². The van der Waals surface area contributed by atoms with E-state index in [0.717, 1.165) is 0 Å². The van der Waals surface area contributed by atoms with Gasteiger partial charge in [-0.1, -0.05) is 18.2 Å². The average Bonchev–Trinajstić information content (AvgIpc) is 2.20. The number of aliphatic hydroxyl groups is 1. The lowest BCUT2D eigenvalue weighted by Crippen LogP contribution is -1.94. The molecule has 1 aromatic carbocycles. The quantitative estimate of drug-likeness (QED) is 0.774. The standard InChI is InChI=1S/C10H11FO2/c1-13-10-5-3-2-4-9(10)8(6-11)7-12/h2-6,12H,7H2,1H3. The van der Waals surface area contributed by atoms with E-state index in [1.807, 2.05) is 0 Å². The van der Waals surface area contributed by atoms with Gasteiger partial charge in [0.2, 0.25) is 0 Å². The number of para-hydroxylation sites is 1. The Morgan fingerprint density at radius 1 is 1.54 bits per heavy atom. The van der Waals surface area contributed by atoms with Crippen molar-refractivity contribution < 1.29 is 14.2 Å². The first kappa shape index (κ1) is 9.74. The number of hydrogen-bond acceptors (Lipinski definition) is 2. The van der Waals surface area contributed by atoms with Gasteiger partial charge in [0.1, 0.15) is 5.75 Å². The number of rotatable bonds is 3. The Morgan fingerprint density at radius 2 is 2.23 bits per heavy atom. The fourth-order valence-corrected chi connectivity index (χ4v) is 1.09. The van der Waals surface area contributed by atoms with Gasteiger partial charge in [-0.3, -0.25) is 0 Å². The molecule has 0 saturated carbocycles. The fourth-order valence-electron chi connectivity index (χ4n) is 1.09. The normalized spacial score (nSPS) is 11.5. The van der Waals surface area contributed by atoms with Crippen molar-refractivity contribution in [2.24, 2.45) is 0 Å². The highest BCUT2D eigenvalue weighted by Crippen LogP contribution is 2.25. The molecule has 0 aromatic heterocycles. The van der Waals surface area contributed by atoms with Crippen molar-refractivity contribution in [1.82, 2.24) is 0 Å². The smallest absolute Gasteiger partial charge is 0.126 e. The summed E-state index contributed by atoms with van der Waals surface area (Å²) in [7, 11) is 1.51. The maximum atomic E-state index is 12.3. The molecule has 0 amide bonds. The van der Waals surface area contributed by atoms with Gasteiger partial charge in [0.05, 0.1) is 20.0 Å². The van der Waals surface area contributed by atoms with E-state index < -0.39 is 0 Å². The topological polar surface area (TPSA) is 29.5 Å². The summed E-state index contributed by atoms with van der Waals surface area (Å²) in [6.07, 6.45) is 0.387. The molecule has 0 aliphatic rings. The van der Waals surface area contributed by atoms with Crippen LogP contribution in [0.1, 0.15) is 5.56 Å². The Hall–Kier alpha value is -1.35. The lowest BCUT2D eigenvalue weighted by molar-refractivity contribution is 0.347. The molecular weight excluding hydrogens is 171 g/mol. The van der Waals surface area contributed by atoms with Gasteiger partial charge >= 0.3 is 0 Å². The number of aliphatic hydroxyl groups excluding tert-OH is 1. The van der Waals surface area contributed by atoms with Crippen LogP contribution in [0.3, 0.4) is 0 Å². The molecule has 0 fully saturated rings. The van der Waals surface area contributed by atoms with Gasteiger partial charge < -0.3 is 9.84 Å². The lowest BCUT2D eigenvalue weighted by Gasteiger charge is -2.08. The molecule has 0 heterocycles. The molecule has 1 N–H and O–H groups in total. The highest BCUT2D eigenvalue weighted by molar-refractivity contribution is 5.70. The average molecular weight is 182 g/mol. The third-order valence-electron chi connectivity index (χ3n) is 1.75. The predicted octanol–water partition coefficient (Wildman–Crippen LogP) is 2.00. The summed E-state index contributed by atoms with van der Waals surface area (Å²) >= 11 is 0. The second-order valence-corrected chi connectivity index (χ2v) is 2.49. The van der Waals surface area contributed by atoms with Gasteiger partial charge in [0.25, 0.3) is 0 Å². The summed E-state index contributed by atoms with van der Waals surface area (Å²) in [6.45, 7) is -0.336. The molecule has 2 nitrogen and oxygen atoms in total. The van der Waals surface area contributed by atoms with Gasteiger partial charge in [0.15, 0.2) is 0 Å². The van der Waals surface area contributed by atoms with Crippen molar-refractivity contribution in [3.63, 3.8) is 0 Å². The van der Waals surface area contributed by atoms with E-state index in [0.29, 0.717) is 17.6 Å². The lowest BCUT2D eigenvalue weighted by atomic mass is 10.1. The number of halogens is 1. The van der Waals surface area contributed by atoms with Crippen LogP contribution in [0.2, 0.25) is 0 Å². The first-order chi connectivity index (χ1) is 6.33. The molecule has 13 heavy (non-hydrogen) atoms. The van der Waals surface area contributed by atoms with Crippen molar-refractivity contribution in [3.8, 4) is 5.75 Å². The van der Waals surface area contributed by atoms with Crippen LogP contribution in [0.5, 0.6) is 5.75 Å². The van der Waals surface area contributed by atoms with Gasteiger partial charge in [-0.05, 0) is 6.07 Å². The Labute approximate surface area is 76.3 Å². The summed E-state index contributed by atoms with van der Waals surface area (Å²) in [6, 6.07) is 6.96. The van der Waals surface area contributed by atoms with Crippen molar-refractivity contribution >= 4 is 5.57 Å². The van der Waals surface area contributed by atoms with E-state index >= 15 is 0 Å². The van der Waals surface area contributed by atoms with Crippen molar-refractivity contribution in [2.75, 3.05) is 13.7 Å². The SMILES string of the molecule is COc1ccccc1C(=CF)CO. The molecule has 1 rings (SSSR count).